The Morgan fingerprint density at radius 2 is 2.00 bits per heavy atom. The molecule has 1 aromatic heterocycles. The van der Waals surface area contributed by atoms with Gasteiger partial charge in [-0.2, -0.15) is 0 Å². The van der Waals surface area contributed by atoms with Crippen molar-refractivity contribution in [2.75, 3.05) is 0 Å². The van der Waals surface area contributed by atoms with Crippen molar-refractivity contribution < 1.29 is 0 Å². The molecule has 1 heteroatoms. The standard InChI is InChI=1S/C12H20S/c1-5-6-10(4)12-7-11(8-13-12)9(2)3/h7-10H,5-6H2,1-4H3. The smallest absolute Gasteiger partial charge is 0.00763 e. The largest absolute Gasteiger partial charge is 0.148 e. The van der Waals surface area contributed by atoms with Crippen LogP contribution in [0.1, 0.15) is 62.8 Å². The molecule has 0 aliphatic heterocycles. The number of hydrogen-bond donors (Lipinski definition) is 0. The van der Waals surface area contributed by atoms with E-state index in [-0.39, 0.29) is 0 Å². The topological polar surface area (TPSA) is 0 Å². The van der Waals surface area contributed by atoms with Crippen LogP contribution in [-0.2, 0) is 0 Å². The Morgan fingerprint density at radius 1 is 1.31 bits per heavy atom. The number of hydrogen-bond acceptors (Lipinski definition) is 1. The van der Waals surface area contributed by atoms with Gasteiger partial charge in [0.05, 0.1) is 0 Å². The Morgan fingerprint density at radius 3 is 2.46 bits per heavy atom. The van der Waals surface area contributed by atoms with E-state index in [0.29, 0.717) is 5.92 Å². The molecule has 0 aliphatic rings. The highest BCUT2D eigenvalue weighted by molar-refractivity contribution is 7.10. The van der Waals surface area contributed by atoms with E-state index in [9.17, 15) is 0 Å². The Bertz CT molecular complexity index is 247. The van der Waals surface area contributed by atoms with Gasteiger partial charge in [-0.15, -0.1) is 11.3 Å². The number of thiophene rings is 1. The Hall–Kier alpha value is -0.300. The van der Waals surface area contributed by atoms with Gasteiger partial charge in [-0.1, -0.05) is 34.1 Å². The van der Waals surface area contributed by atoms with Crippen molar-refractivity contribution in [3.63, 3.8) is 0 Å². The van der Waals surface area contributed by atoms with Crippen LogP contribution in [-0.4, -0.2) is 0 Å². The first-order valence-electron chi connectivity index (χ1n) is 5.23. The molecule has 1 rings (SSSR count). The summed E-state index contributed by atoms with van der Waals surface area (Å²) >= 11 is 1.93. The lowest BCUT2D eigenvalue weighted by Crippen LogP contribution is -1.89. The molecule has 0 radical (unpaired) electrons. The van der Waals surface area contributed by atoms with E-state index in [1.165, 1.54) is 18.4 Å². The van der Waals surface area contributed by atoms with E-state index in [2.05, 4.69) is 39.1 Å². The van der Waals surface area contributed by atoms with Crippen molar-refractivity contribution in [1.29, 1.82) is 0 Å². The van der Waals surface area contributed by atoms with Crippen LogP contribution in [0, 0.1) is 0 Å². The zero-order valence-electron chi connectivity index (χ0n) is 9.13. The molecule has 1 unspecified atom stereocenters. The van der Waals surface area contributed by atoms with Crippen molar-refractivity contribution in [1.82, 2.24) is 0 Å². The lowest BCUT2D eigenvalue weighted by Gasteiger charge is -2.06. The molecule has 0 nitrogen and oxygen atoms in total. The average molecular weight is 196 g/mol. The maximum Gasteiger partial charge on any atom is 0.00763 e. The van der Waals surface area contributed by atoms with E-state index in [1.54, 1.807) is 4.88 Å². The lowest BCUT2D eigenvalue weighted by atomic mass is 10.0. The van der Waals surface area contributed by atoms with Crippen LogP contribution in [0.5, 0.6) is 0 Å². The highest BCUT2D eigenvalue weighted by Crippen LogP contribution is 2.29. The van der Waals surface area contributed by atoms with E-state index >= 15 is 0 Å². The van der Waals surface area contributed by atoms with Gasteiger partial charge in [-0.25, -0.2) is 0 Å². The second-order valence-corrected chi connectivity index (χ2v) is 5.07. The SMILES string of the molecule is CCCC(C)c1cc(C(C)C)cs1. The third-order valence-corrected chi connectivity index (χ3v) is 3.70. The maximum atomic E-state index is 2.38. The van der Waals surface area contributed by atoms with Crippen LogP contribution in [0.4, 0.5) is 0 Å². The normalized spacial score (nSPS) is 13.6. The predicted molar refractivity (Wildman–Crippen MR) is 61.7 cm³/mol. The summed E-state index contributed by atoms with van der Waals surface area (Å²) in [5.41, 5.74) is 1.50. The molecule has 1 heterocycles. The average Bonchev–Trinajstić information content (AvgIpc) is 2.52. The minimum Gasteiger partial charge on any atom is -0.148 e. The first-order valence-corrected chi connectivity index (χ1v) is 6.11. The second-order valence-electron chi connectivity index (χ2n) is 4.13. The van der Waals surface area contributed by atoms with E-state index in [0.717, 1.165) is 5.92 Å². The van der Waals surface area contributed by atoms with Crippen molar-refractivity contribution in [3.8, 4) is 0 Å². The van der Waals surface area contributed by atoms with Gasteiger partial charge < -0.3 is 0 Å². The summed E-state index contributed by atoms with van der Waals surface area (Å²) in [4.78, 5) is 1.56. The summed E-state index contributed by atoms with van der Waals surface area (Å²) in [7, 11) is 0. The predicted octanol–water partition coefficient (Wildman–Crippen LogP) is 4.78. The molecule has 0 amide bonds. The third kappa shape index (κ3) is 2.84. The van der Waals surface area contributed by atoms with Gasteiger partial charge in [0, 0.05) is 4.88 Å². The summed E-state index contributed by atoms with van der Waals surface area (Å²) in [5, 5.41) is 2.31. The van der Waals surface area contributed by atoms with Gasteiger partial charge >= 0.3 is 0 Å². The van der Waals surface area contributed by atoms with Crippen LogP contribution in [0.15, 0.2) is 11.4 Å². The zero-order valence-corrected chi connectivity index (χ0v) is 9.95. The number of rotatable bonds is 4. The van der Waals surface area contributed by atoms with Gasteiger partial charge in [0.1, 0.15) is 0 Å². The molecule has 1 aromatic rings. The highest BCUT2D eigenvalue weighted by Gasteiger charge is 2.08. The zero-order chi connectivity index (χ0) is 9.84. The molecule has 0 fully saturated rings. The molecule has 74 valence electrons. The fraction of sp³-hybridized carbons (Fsp3) is 0.667. The minimum absolute atomic E-state index is 0.679. The van der Waals surface area contributed by atoms with E-state index < -0.39 is 0 Å². The first-order chi connectivity index (χ1) is 6.15. The van der Waals surface area contributed by atoms with Gasteiger partial charge in [-0.3, -0.25) is 0 Å². The van der Waals surface area contributed by atoms with Crippen molar-refractivity contribution >= 4 is 11.3 Å². The van der Waals surface area contributed by atoms with Crippen LogP contribution in [0.2, 0.25) is 0 Å². The van der Waals surface area contributed by atoms with Gasteiger partial charge in [0.25, 0.3) is 0 Å². The van der Waals surface area contributed by atoms with Gasteiger partial charge in [0.2, 0.25) is 0 Å². The summed E-state index contributed by atoms with van der Waals surface area (Å²) in [6.07, 6.45) is 2.61. The van der Waals surface area contributed by atoms with E-state index in [4.69, 9.17) is 0 Å². The summed E-state index contributed by atoms with van der Waals surface area (Å²) < 4.78 is 0. The van der Waals surface area contributed by atoms with Gasteiger partial charge in [-0.05, 0) is 35.3 Å². The summed E-state index contributed by atoms with van der Waals surface area (Å²) in [5.74, 6) is 1.43. The molecule has 0 aliphatic carbocycles. The lowest BCUT2D eigenvalue weighted by molar-refractivity contribution is 0.674. The Labute approximate surface area is 86.0 Å². The quantitative estimate of drug-likeness (QED) is 0.650. The van der Waals surface area contributed by atoms with E-state index in [1.807, 2.05) is 11.3 Å². The van der Waals surface area contributed by atoms with Crippen molar-refractivity contribution in [2.45, 2.75) is 52.4 Å². The molecule has 1 atom stereocenters. The first kappa shape index (κ1) is 10.8. The monoisotopic (exact) mass is 196 g/mol. The minimum atomic E-state index is 0.679. The molecule has 13 heavy (non-hydrogen) atoms. The maximum absolute atomic E-state index is 2.38. The molecule has 0 saturated carbocycles. The molecular weight excluding hydrogens is 176 g/mol. The molecule has 0 saturated heterocycles. The van der Waals surface area contributed by atoms with Gasteiger partial charge in [0.15, 0.2) is 0 Å². The van der Waals surface area contributed by atoms with Crippen molar-refractivity contribution in [2.24, 2.45) is 0 Å². The molecule has 0 spiro atoms. The van der Waals surface area contributed by atoms with Crippen LogP contribution < -0.4 is 0 Å². The fourth-order valence-corrected chi connectivity index (χ4v) is 2.67. The molecule has 0 bridgehead atoms. The van der Waals surface area contributed by atoms with Crippen LogP contribution in [0.3, 0.4) is 0 Å². The molecular formula is C12H20S. The summed E-state index contributed by atoms with van der Waals surface area (Å²) in [6.45, 7) is 9.11. The Balaban J connectivity index is 2.67. The highest BCUT2D eigenvalue weighted by atomic mass is 32.1. The Kier molecular flexibility index (Phi) is 3.98. The fourth-order valence-electron chi connectivity index (χ4n) is 1.50. The summed E-state index contributed by atoms with van der Waals surface area (Å²) in [6, 6.07) is 2.38. The third-order valence-electron chi connectivity index (χ3n) is 2.51. The van der Waals surface area contributed by atoms with Crippen molar-refractivity contribution in [3.05, 3.63) is 21.9 Å². The molecule has 0 aromatic carbocycles. The van der Waals surface area contributed by atoms with Crippen LogP contribution in [0.25, 0.3) is 0 Å². The van der Waals surface area contributed by atoms with Crippen LogP contribution >= 0.6 is 11.3 Å². The molecule has 0 N–H and O–H groups in total. The second kappa shape index (κ2) is 4.80.